The van der Waals surface area contributed by atoms with Crippen LogP contribution in [0.25, 0.3) is 11.2 Å². The highest BCUT2D eigenvalue weighted by Gasteiger charge is 2.58. The number of epoxide rings is 1. The van der Waals surface area contributed by atoms with Crippen LogP contribution in [0.5, 0.6) is 6.01 Å². The SMILES string of the molecule is OC[C@H]1O[C@@H](n2cnc3cnc(OC4CCCC4)nc32)[C@@H]2O[C@@H]21. The number of aromatic nitrogens is 4. The molecule has 23 heavy (non-hydrogen) atoms. The van der Waals surface area contributed by atoms with E-state index in [0.717, 1.165) is 12.8 Å². The number of imidazole rings is 1. The maximum absolute atomic E-state index is 9.32. The molecule has 8 heteroatoms. The van der Waals surface area contributed by atoms with Crippen LogP contribution in [0.4, 0.5) is 0 Å². The molecule has 5 rings (SSSR count). The van der Waals surface area contributed by atoms with Gasteiger partial charge in [-0.05, 0) is 25.7 Å². The molecule has 1 aliphatic carbocycles. The number of hydrogen-bond donors (Lipinski definition) is 1. The van der Waals surface area contributed by atoms with Gasteiger partial charge in [-0.25, -0.2) is 9.97 Å². The topological polar surface area (TPSA) is 94.8 Å². The standard InChI is InChI=1S/C15H18N4O4/c20-6-10-11-12(23-11)14(22-10)19-7-17-9-5-16-15(18-13(9)19)21-8-3-1-2-4-8/h5,7-8,10-12,14,20H,1-4,6H2/t10-,11-,12-,14-/m1/s1. The van der Waals surface area contributed by atoms with Crippen molar-refractivity contribution in [2.45, 2.75) is 56.3 Å². The molecule has 0 bridgehead atoms. The molecule has 2 saturated heterocycles. The lowest BCUT2D eigenvalue weighted by molar-refractivity contribution is -0.0823. The van der Waals surface area contributed by atoms with Crippen molar-refractivity contribution in [1.82, 2.24) is 19.5 Å². The summed E-state index contributed by atoms with van der Waals surface area (Å²) in [6.07, 6.45) is 7.42. The summed E-state index contributed by atoms with van der Waals surface area (Å²) in [4.78, 5) is 13.1. The largest absolute Gasteiger partial charge is 0.460 e. The molecule has 0 spiro atoms. The summed E-state index contributed by atoms with van der Waals surface area (Å²) in [5.74, 6) is 0. The number of nitrogens with zero attached hydrogens (tertiary/aromatic N) is 4. The smallest absolute Gasteiger partial charge is 0.318 e. The van der Waals surface area contributed by atoms with Gasteiger partial charge in [-0.1, -0.05) is 0 Å². The molecule has 2 aromatic rings. The lowest BCUT2D eigenvalue weighted by Crippen LogP contribution is -2.22. The van der Waals surface area contributed by atoms with Gasteiger partial charge in [-0.2, -0.15) is 4.98 Å². The van der Waals surface area contributed by atoms with Crippen molar-refractivity contribution in [3.63, 3.8) is 0 Å². The van der Waals surface area contributed by atoms with Gasteiger partial charge in [0.2, 0.25) is 0 Å². The first-order valence-electron chi connectivity index (χ1n) is 8.11. The highest BCUT2D eigenvalue weighted by molar-refractivity contribution is 5.69. The Labute approximate surface area is 132 Å². The monoisotopic (exact) mass is 318 g/mol. The molecule has 0 unspecified atom stereocenters. The highest BCUT2D eigenvalue weighted by Crippen LogP contribution is 2.45. The number of ether oxygens (including phenoxy) is 3. The van der Waals surface area contributed by atoms with Crippen molar-refractivity contribution < 1.29 is 19.3 Å². The van der Waals surface area contributed by atoms with Gasteiger partial charge >= 0.3 is 6.01 Å². The lowest BCUT2D eigenvalue weighted by Gasteiger charge is -2.17. The first kappa shape index (κ1) is 13.6. The summed E-state index contributed by atoms with van der Waals surface area (Å²) >= 11 is 0. The fourth-order valence-corrected chi connectivity index (χ4v) is 3.58. The van der Waals surface area contributed by atoms with Gasteiger partial charge < -0.3 is 19.3 Å². The second kappa shape index (κ2) is 5.12. The maximum atomic E-state index is 9.32. The minimum atomic E-state index is -0.309. The van der Waals surface area contributed by atoms with Gasteiger partial charge in [0.25, 0.3) is 0 Å². The van der Waals surface area contributed by atoms with Crippen molar-refractivity contribution in [2.24, 2.45) is 0 Å². The van der Waals surface area contributed by atoms with Crippen LogP contribution in [0.2, 0.25) is 0 Å². The van der Waals surface area contributed by atoms with Crippen molar-refractivity contribution in [1.29, 1.82) is 0 Å². The molecule has 3 aliphatic rings. The van der Waals surface area contributed by atoms with Crippen LogP contribution in [0.15, 0.2) is 12.5 Å². The Bertz CT molecular complexity index is 729. The molecule has 1 N–H and O–H groups in total. The van der Waals surface area contributed by atoms with Crippen LogP contribution in [-0.4, -0.2) is 55.6 Å². The minimum absolute atomic E-state index is 0.0292. The first-order valence-corrected chi connectivity index (χ1v) is 8.11. The van der Waals surface area contributed by atoms with Gasteiger partial charge in [0.05, 0.1) is 19.1 Å². The Morgan fingerprint density at radius 3 is 2.87 bits per heavy atom. The molecule has 4 atom stereocenters. The van der Waals surface area contributed by atoms with Crippen LogP contribution < -0.4 is 4.74 Å². The van der Waals surface area contributed by atoms with Crippen molar-refractivity contribution in [3.05, 3.63) is 12.5 Å². The molecular weight excluding hydrogens is 300 g/mol. The molecular formula is C15H18N4O4. The van der Waals surface area contributed by atoms with Crippen molar-refractivity contribution >= 4 is 11.2 Å². The van der Waals surface area contributed by atoms with E-state index in [1.165, 1.54) is 12.8 Å². The van der Waals surface area contributed by atoms with E-state index in [4.69, 9.17) is 14.2 Å². The van der Waals surface area contributed by atoms with Gasteiger partial charge in [0, 0.05) is 0 Å². The molecule has 4 heterocycles. The van der Waals surface area contributed by atoms with E-state index < -0.39 is 0 Å². The molecule has 3 fully saturated rings. The third-order valence-electron chi connectivity index (χ3n) is 4.85. The van der Waals surface area contributed by atoms with Crippen LogP contribution in [0.1, 0.15) is 31.9 Å². The molecule has 0 aromatic carbocycles. The van der Waals surface area contributed by atoms with Gasteiger partial charge in [0.15, 0.2) is 11.9 Å². The fourth-order valence-electron chi connectivity index (χ4n) is 3.58. The summed E-state index contributed by atoms with van der Waals surface area (Å²) < 4.78 is 19.1. The first-order chi connectivity index (χ1) is 11.3. The summed E-state index contributed by atoms with van der Waals surface area (Å²) in [5.41, 5.74) is 1.36. The number of hydrogen-bond acceptors (Lipinski definition) is 7. The quantitative estimate of drug-likeness (QED) is 0.833. The molecule has 0 radical (unpaired) electrons. The van der Waals surface area contributed by atoms with Gasteiger partial charge in [-0.3, -0.25) is 4.57 Å². The van der Waals surface area contributed by atoms with E-state index in [2.05, 4.69) is 15.0 Å². The Morgan fingerprint density at radius 2 is 2.09 bits per heavy atom. The number of aliphatic hydroxyl groups excluding tert-OH is 1. The van der Waals surface area contributed by atoms with Crippen molar-refractivity contribution in [3.8, 4) is 6.01 Å². The maximum Gasteiger partial charge on any atom is 0.318 e. The summed E-state index contributed by atoms with van der Waals surface area (Å²) in [7, 11) is 0. The number of rotatable bonds is 4. The number of fused-ring (bicyclic) bond motifs is 2. The summed E-state index contributed by atoms with van der Waals surface area (Å²) in [6.45, 7) is -0.0463. The van der Waals surface area contributed by atoms with Gasteiger partial charge in [-0.15, -0.1) is 0 Å². The molecule has 122 valence electrons. The normalized spacial score (nSPS) is 33.3. The molecule has 0 amide bonds. The molecule has 1 saturated carbocycles. The minimum Gasteiger partial charge on any atom is -0.460 e. The Kier molecular flexibility index (Phi) is 3.04. The molecule has 2 aromatic heterocycles. The van der Waals surface area contributed by atoms with E-state index in [1.807, 2.05) is 4.57 Å². The van der Waals surface area contributed by atoms with E-state index in [-0.39, 0.29) is 37.3 Å². The zero-order valence-electron chi connectivity index (χ0n) is 12.5. The van der Waals surface area contributed by atoms with E-state index in [0.29, 0.717) is 17.2 Å². The summed E-state index contributed by atoms with van der Waals surface area (Å²) in [6, 6.07) is 0.385. The third kappa shape index (κ3) is 2.20. The lowest BCUT2D eigenvalue weighted by atomic mass is 10.2. The second-order valence-electron chi connectivity index (χ2n) is 6.35. The van der Waals surface area contributed by atoms with Crippen LogP contribution in [0, 0.1) is 0 Å². The van der Waals surface area contributed by atoms with E-state index in [9.17, 15) is 5.11 Å². The van der Waals surface area contributed by atoms with Crippen LogP contribution >= 0.6 is 0 Å². The molecule has 8 nitrogen and oxygen atoms in total. The molecule has 2 aliphatic heterocycles. The van der Waals surface area contributed by atoms with E-state index in [1.54, 1.807) is 12.5 Å². The average Bonchev–Trinajstić information content (AvgIpc) is 2.93. The predicted octanol–water partition coefficient (Wildman–Crippen LogP) is 0.805. The van der Waals surface area contributed by atoms with Crippen LogP contribution in [-0.2, 0) is 9.47 Å². The fraction of sp³-hybridized carbons (Fsp3) is 0.667. The Morgan fingerprint density at radius 1 is 1.22 bits per heavy atom. The highest BCUT2D eigenvalue weighted by atomic mass is 16.7. The number of aliphatic hydroxyl groups is 1. The predicted molar refractivity (Wildman–Crippen MR) is 77.9 cm³/mol. The van der Waals surface area contributed by atoms with Gasteiger partial charge in [0.1, 0.15) is 29.9 Å². The van der Waals surface area contributed by atoms with Crippen molar-refractivity contribution in [2.75, 3.05) is 6.61 Å². The third-order valence-corrected chi connectivity index (χ3v) is 4.85. The zero-order chi connectivity index (χ0) is 15.4. The second-order valence-corrected chi connectivity index (χ2v) is 6.35. The Hall–Kier alpha value is -1.77. The van der Waals surface area contributed by atoms with E-state index >= 15 is 0 Å². The van der Waals surface area contributed by atoms with Crippen LogP contribution in [0.3, 0.4) is 0 Å². The summed E-state index contributed by atoms with van der Waals surface area (Å²) in [5, 5.41) is 9.32. The average molecular weight is 318 g/mol. The Balaban J connectivity index is 1.45. The zero-order valence-corrected chi connectivity index (χ0v) is 12.5.